The maximum absolute atomic E-state index is 11.9. The van der Waals surface area contributed by atoms with E-state index in [1.54, 1.807) is 17.5 Å². The van der Waals surface area contributed by atoms with Crippen molar-refractivity contribution in [2.45, 2.75) is 38.1 Å². The van der Waals surface area contributed by atoms with Crippen LogP contribution in [-0.2, 0) is 4.79 Å². The van der Waals surface area contributed by atoms with Gasteiger partial charge in [0, 0.05) is 24.0 Å². The predicted molar refractivity (Wildman–Crippen MR) is 69.2 cm³/mol. The summed E-state index contributed by atoms with van der Waals surface area (Å²) in [5.74, 6) is 0.427. The summed E-state index contributed by atoms with van der Waals surface area (Å²) in [5, 5.41) is 9.31. The van der Waals surface area contributed by atoms with E-state index in [4.69, 9.17) is 0 Å². The summed E-state index contributed by atoms with van der Waals surface area (Å²) in [7, 11) is 0. The topological polar surface area (TPSA) is 54.0 Å². The minimum Gasteiger partial charge on any atom is -0.354 e. The fourth-order valence-electron chi connectivity index (χ4n) is 2.02. The molecular formula is C12H19N3OS. The van der Waals surface area contributed by atoms with Gasteiger partial charge < -0.3 is 10.6 Å². The highest BCUT2D eigenvalue weighted by atomic mass is 32.1. The van der Waals surface area contributed by atoms with Crippen LogP contribution in [0.15, 0.2) is 11.6 Å². The molecule has 0 aromatic carbocycles. The van der Waals surface area contributed by atoms with Crippen LogP contribution < -0.4 is 10.6 Å². The Kier molecular flexibility index (Phi) is 4.50. The van der Waals surface area contributed by atoms with Crippen LogP contribution in [-0.4, -0.2) is 30.0 Å². The molecule has 1 aromatic heterocycles. The van der Waals surface area contributed by atoms with E-state index < -0.39 is 0 Å². The third kappa shape index (κ3) is 3.51. The number of carbonyl (C=O) groups excluding carboxylic acids is 1. The van der Waals surface area contributed by atoms with Crippen molar-refractivity contribution in [3.05, 3.63) is 16.6 Å². The van der Waals surface area contributed by atoms with Gasteiger partial charge in [-0.3, -0.25) is 4.79 Å². The maximum atomic E-state index is 11.9. The van der Waals surface area contributed by atoms with Gasteiger partial charge in [-0.2, -0.15) is 0 Å². The van der Waals surface area contributed by atoms with Gasteiger partial charge in [-0.05, 0) is 19.4 Å². The number of aromatic nitrogens is 1. The van der Waals surface area contributed by atoms with Crippen molar-refractivity contribution in [1.29, 1.82) is 0 Å². The highest BCUT2D eigenvalue weighted by molar-refractivity contribution is 7.09. The van der Waals surface area contributed by atoms with Gasteiger partial charge in [-0.1, -0.05) is 13.3 Å². The molecular weight excluding hydrogens is 234 g/mol. The van der Waals surface area contributed by atoms with E-state index in [2.05, 4.69) is 22.5 Å². The van der Waals surface area contributed by atoms with Crippen molar-refractivity contribution in [1.82, 2.24) is 15.6 Å². The quantitative estimate of drug-likeness (QED) is 0.855. The molecule has 1 saturated heterocycles. The molecule has 0 radical (unpaired) electrons. The smallest absolute Gasteiger partial charge is 0.237 e. The van der Waals surface area contributed by atoms with Crippen LogP contribution in [0.2, 0.25) is 0 Å². The Bertz CT molecular complexity index is 347. The molecule has 0 bridgehead atoms. The molecule has 2 atom stereocenters. The minimum absolute atomic E-state index is 0.00671. The van der Waals surface area contributed by atoms with Crippen LogP contribution in [0.25, 0.3) is 0 Å². The molecule has 5 heteroatoms. The second kappa shape index (κ2) is 6.12. The van der Waals surface area contributed by atoms with E-state index in [1.807, 2.05) is 5.38 Å². The molecule has 1 aliphatic heterocycles. The van der Waals surface area contributed by atoms with Crippen LogP contribution >= 0.6 is 11.3 Å². The Labute approximate surface area is 106 Å². The molecule has 4 nitrogen and oxygen atoms in total. The zero-order chi connectivity index (χ0) is 12.1. The molecule has 2 heterocycles. The predicted octanol–water partition coefficient (Wildman–Crippen LogP) is 1.50. The maximum Gasteiger partial charge on any atom is 0.237 e. The summed E-state index contributed by atoms with van der Waals surface area (Å²) < 4.78 is 0. The number of thiazole rings is 1. The summed E-state index contributed by atoms with van der Waals surface area (Å²) in [5.41, 5.74) is 0. The van der Waals surface area contributed by atoms with Gasteiger partial charge in [-0.15, -0.1) is 11.3 Å². The summed E-state index contributed by atoms with van der Waals surface area (Å²) >= 11 is 1.64. The first-order valence-electron chi connectivity index (χ1n) is 6.18. The van der Waals surface area contributed by atoms with E-state index in [0.29, 0.717) is 12.5 Å². The first-order valence-corrected chi connectivity index (χ1v) is 7.06. The molecule has 2 N–H and O–H groups in total. The lowest BCUT2D eigenvalue weighted by molar-refractivity contribution is -0.123. The normalized spacial score (nSPS) is 22.1. The fraction of sp³-hybridized carbons (Fsp3) is 0.667. The molecule has 1 aromatic rings. The van der Waals surface area contributed by atoms with Crippen LogP contribution in [0.4, 0.5) is 0 Å². The van der Waals surface area contributed by atoms with Crippen molar-refractivity contribution in [3.63, 3.8) is 0 Å². The Hall–Kier alpha value is -0.940. The molecule has 17 heavy (non-hydrogen) atoms. The number of nitrogens with one attached hydrogen (secondary N) is 2. The minimum atomic E-state index is 0.00671. The standard InChI is InChI=1S/C12H19N3OS/c1-9(12-14-6-7-17-12)8-15-11(16)10-4-2-3-5-13-10/h6-7,9-10,13H,2-5,8H2,1H3,(H,15,16)/t9?,10-/m1/s1. The van der Waals surface area contributed by atoms with Gasteiger partial charge in [0.15, 0.2) is 0 Å². The number of amides is 1. The van der Waals surface area contributed by atoms with Gasteiger partial charge in [0.1, 0.15) is 0 Å². The van der Waals surface area contributed by atoms with E-state index in [0.717, 1.165) is 24.4 Å². The van der Waals surface area contributed by atoms with E-state index in [1.165, 1.54) is 6.42 Å². The lowest BCUT2D eigenvalue weighted by Gasteiger charge is -2.23. The third-order valence-electron chi connectivity index (χ3n) is 3.08. The summed E-state index contributed by atoms with van der Waals surface area (Å²) in [4.78, 5) is 16.1. The number of rotatable bonds is 4. The first kappa shape index (κ1) is 12.5. The lowest BCUT2D eigenvalue weighted by atomic mass is 10.0. The number of hydrogen-bond donors (Lipinski definition) is 2. The van der Waals surface area contributed by atoms with Crippen molar-refractivity contribution < 1.29 is 4.79 Å². The van der Waals surface area contributed by atoms with Crippen LogP contribution in [0.1, 0.15) is 37.1 Å². The molecule has 94 valence electrons. The molecule has 1 amide bonds. The molecule has 1 aliphatic rings. The Morgan fingerprint density at radius 1 is 1.71 bits per heavy atom. The first-order chi connectivity index (χ1) is 8.27. The highest BCUT2D eigenvalue weighted by Crippen LogP contribution is 2.16. The average Bonchev–Trinajstić information content (AvgIpc) is 2.90. The Morgan fingerprint density at radius 2 is 2.59 bits per heavy atom. The summed E-state index contributed by atoms with van der Waals surface area (Å²) in [6, 6.07) is 0.00671. The van der Waals surface area contributed by atoms with E-state index in [9.17, 15) is 4.79 Å². The van der Waals surface area contributed by atoms with Gasteiger partial charge in [0.05, 0.1) is 11.0 Å². The number of piperidine rings is 1. The summed E-state index contributed by atoms with van der Waals surface area (Å²) in [6.07, 6.45) is 5.09. The molecule has 2 rings (SSSR count). The van der Waals surface area contributed by atoms with E-state index >= 15 is 0 Å². The second-order valence-corrected chi connectivity index (χ2v) is 5.45. The Morgan fingerprint density at radius 3 is 3.24 bits per heavy atom. The number of hydrogen-bond acceptors (Lipinski definition) is 4. The van der Waals surface area contributed by atoms with Gasteiger partial charge in [0.2, 0.25) is 5.91 Å². The fourth-order valence-corrected chi connectivity index (χ4v) is 2.72. The SMILES string of the molecule is CC(CNC(=O)[C@H]1CCCCN1)c1nccs1. The van der Waals surface area contributed by atoms with Crippen LogP contribution in [0, 0.1) is 0 Å². The average molecular weight is 253 g/mol. The van der Waals surface area contributed by atoms with Crippen molar-refractivity contribution in [2.24, 2.45) is 0 Å². The largest absolute Gasteiger partial charge is 0.354 e. The van der Waals surface area contributed by atoms with Crippen LogP contribution in [0.5, 0.6) is 0 Å². The zero-order valence-electron chi connectivity index (χ0n) is 10.1. The summed E-state index contributed by atoms with van der Waals surface area (Å²) in [6.45, 7) is 3.72. The molecule has 1 fully saturated rings. The second-order valence-electron chi connectivity index (χ2n) is 4.52. The molecule has 0 aliphatic carbocycles. The van der Waals surface area contributed by atoms with Crippen molar-refractivity contribution in [2.75, 3.05) is 13.1 Å². The molecule has 1 unspecified atom stereocenters. The van der Waals surface area contributed by atoms with Crippen LogP contribution in [0.3, 0.4) is 0 Å². The lowest BCUT2D eigenvalue weighted by Crippen LogP contribution is -2.47. The zero-order valence-corrected chi connectivity index (χ0v) is 10.9. The van der Waals surface area contributed by atoms with Crippen molar-refractivity contribution >= 4 is 17.2 Å². The van der Waals surface area contributed by atoms with Crippen molar-refractivity contribution in [3.8, 4) is 0 Å². The number of carbonyl (C=O) groups is 1. The molecule has 0 spiro atoms. The highest BCUT2D eigenvalue weighted by Gasteiger charge is 2.20. The van der Waals surface area contributed by atoms with Gasteiger partial charge in [0.25, 0.3) is 0 Å². The number of nitrogens with zero attached hydrogens (tertiary/aromatic N) is 1. The molecule has 0 saturated carbocycles. The van der Waals surface area contributed by atoms with E-state index in [-0.39, 0.29) is 11.9 Å². The van der Waals surface area contributed by atoms with Gasteiger partial charge in [-0.25, -0.2) is 4.98 Å². The third-order valence-corrected chi connectivity index (χ3v) is 4.09. The monoisotopic (exact) mass is 253 g/mol. The van der Waals surface area contributed by atoms with Gasteiger partial charge >= 0.3 is 0 Å². The Balaban J connectivity index is 1.75.